The van der Waals surface area contributed by atoms with Crippen LogP contribution in [0.25, 0.3) is 0 Å². The minimum absolute atomic E-state index is 0.00561. The van der Waals surface area contributed by atoms with Crippen LogP contribution in [0.4, 0.5) is 5.69 Å². The third-order valence-electron chi connectivity index (χ3n) is 6.46. The Kier molecular flexibility index (Phi) is 11.4. The first kappa shape index (κ1) is 31.5. The van der Waals surface area contributed by atoms with Crippen LogP contribution in [0.3, 0.4) is 0 Å². The van der Waals surface area contributed by atoms with Gasteiger partial charge in [-0.3, -0.25) is 13.9 Å². The van der Waals surface area contributed by atoms with E-state index in [-0.39, 0.29) is 33.1 Å². The summed E-state index contributed by atoms with van der Waals surface area (Å²) in [6.45, 7) is 5.84. The van der Waals surface area contributed by atoms with Crippen molar-refractivity contribution in [3.05, 3.63) is 94.0 Å². The number of nitrogens with zero attached hydrogens (tertiary/aromatic N) is 2. The van der Waals surface area contributed by atoms with Gasteiger partial charge < -0.3 is 10.2 Å². The van der Waals surface area contributed by atoms with Crippen molar-refractivity contribution in [2.75, 3.05) is 17.4 Å². The molecular formula is C30H35Cl2N3O4S. The molecule has 0 heterocycles. The van der Waals surface area contributed by atoms with Gasteiger partial charge in [-0.15, -0.1) is 0 Å². The fourth-order valence-electron chi connectivity index (χ4n) is 4.35. The maximum Gasteiger partial charge on any atom is 0.264 e. The molecule has 0 unspecified atom stereocenters. The summed E-state index contributed by atoms with van der Waals surface area (Å²) in [5.74, 6) is -0.829. The van der Waals surface area contributed by atoms with Crippen LogP contribution < -0.4 is 9.62 Å². The third kappa shape index (κ3) is 7.77. The molecule has 7 nitrogen and oxygen atoms in total. The van der Waals surface area contributed by atoms with E-state index < -0.39 is 28.5 Å². The Morgan fingerprint density at radius 2 is 1.65 bits per heavy atom. The number of rotatable bonds is 13. The average molecular weight is 605 g/mol. The maximum absolute atomic E-state index is 14.1. The second-order valence-corrected chi connectivity index (χ2v) is 12.1. The molecule has 0 spiro atoms. The van der Waals surface area contributed by atoms with E-state index in [9.17, 15) is 18.0 Å². The van der Waals surface area contributed by atoms with Crippen molar-refractivity contribution in [3.8, 4) is 0 Å². The first-order valence-electron chi connectivity index (χ1n) is 13.2. The number of unbranched alkanes of at least 4 members (excludes halogenated alkanes) is 1. The van der Waals surface area contributed by atoms with E-state index in [4.69, 9.17) is 23.2 Å². The number of amides is 2. The van der Waals surface area contributed by atoms with Crippen LogP contribution in [0.1, 0.15) is 44.2 Å². The van der Waals surface area contributed by atoms with Crippen LogP contribution in [-0.4, -0.2) is 44.3 Å². The van der Waals surface area contributed by atoms with Crippen molar-refractivity contribution in [3.63, 3.8) is 0 Å². The van der Waals surface area contributed by atoms with E-state index >= 15 is 0 Å². The minimum atomic E-state index is -4.23. The largest absolute Gasteiger partial charge is 0.354 e. The fourth-order valence-corrected chi connectivity index (χ4v) is 6.25. The van der Waals surface area contributed by atoms with Crippen molar-refractivity contribution in [2.45, 2.75) is 57.5 Å². The molecule has 0 saturated heterocycles. The number of hydrogen-bond acceptors (Lipinski definition) is 4. The van der Waals surface area contributed by atoms with Crippen LogP contribution >= 0.6 is 23.2 Å². The number of carbonyl (C=O) groups excluding carboxylic acids is 2. The van der Waals surface area contributed by atoms with Crippen LogP contribution in [-0.2, 0) is 26.2 Å². The first-order chi connectivity index (χ1) is 19.1. The van der Waals surface area contributed by atoms with Crippen LogP contribution in [0.2, 0.25) is 10.0 Å². The summed E-state index contributed by atoms with van der Waals surface area (Å²) in [5.41, 5.74) is 1.90. The summed E-state index contributed by atoms with van der Waals surface area (Å²) in [7, 11) is -4.23. The van der Waals surface area contributed by atoms with Gasteiger partial charge in [0.25, 0.3) is 10.0 Å². The molecule has 2 amide bonds. The molecule has 0 aromatic heterocycles. The Morgan fingerprint density at radius 1 is 0.950 bits per heavy atom. The lowest BCUT2D eigenvalue weighted by Gasteiger charge is -2.33. The molecule has 0 aliphatic carbocycles. The maximum atomic E-state index is 14.1. The molecule has 3 aromatic carbocycles. The molecule has 0 fully saturated rings. The van der Waals surface area contributed by atoms with Gasteiger partial charge in [0.2, 0.25) is 11.8 Å². The highest BCUT2D eigenvalue weighted by Crippen LogP contribution is 2.35. The standard InChI is InChI=1S/C30H35Cl2N3O4S/c1-4-6-18-33-30(37)26(5-2)34(20-23-13-10-12-22(3)19-23)28(36)21-35(27-17-11-16-25(31)29(27)32)40(38,39)24-14-8-7-9-15-24/h7-17,19,26H,4-6,18,20-21H2,1-3H3,(H,33,37)/t26-/m1/s1. The molecule has 10 heteroatoms. The van der Waals surface area contributed by atoms with Crippen molar-refractivity contribution in [1.29, 1.82) is 0 Å². The lowest BCUT2D eigenvalue weighted by atomic mass is 10.1. The predicted molar refractivity (Wildman–Crippen MR) is 161 cm³/mol. The smallest absolute Gasteiger partial charge is 0.264 e. The summed E-state index contributed by atoms with van der Waals surface area (Å²) in [6, 6.07) is 19.3. The van der Waals surface area contributed by atoms with Gasteiger partial charge in [-0.2, -0.15) is 0 Å². The van der Waals surface area contributed by atoms with E-state index in [1.54, 1.807) is 30.3 Å². The second-order valence-electron chi connectivity index (χ2n) is 9.48. The molecule has 214 valence electrons. The van der Waals surface area contributed by atoms with Gasteiger partial charge in [-0.1, -0.05) is 97.6 Å². The quantitative estimate of drug-likeness (QED) is 0.235. The second kappa shape index (κ2) is 14.5. The number of nitrogens with one attached hydrogen (secondary N) is 1. The molecular weight excluding hydrogens is 569 g/mol. The Balaban J connectivity index is 2.07. The van der Waals surface area contributed by atoms with Gasteiger partial charge in [0.15, 0.2) is 0 Å². The van der Waals surface area contributed by atoms with Gasteiger partial charge in [0, 0.05) is 13.1 Å². The number of anilines is 1. The highest BCUT2D eigenvalue weighted by atomic mass is 35.5. The number of halogens is 2. The zero-order chi connectivity index (χ0) is 29.3. The zero-order valence-electron chi connectivity index (χ0n) is 22.9. The molecule has 3 aromatic rings. The molecule has 0 bridgehead atoms. The highest BCUT2D eigenvalue weighted by molar-refractivity contribution is 7.92. The number of hydrogen-bond donors (Lipinski definition) is 1. The Morgan fingerprint density at radius 3 is 2.30 bits per heavy atom. The molecule has 3 rings (SSSR count). The predicted octanol–water partition coefficient (Wildman–Crippen LogP) is 6.22. The number of sulfonamides is 1. The summed E-state index contributed by atoms with van der Waals surface area (Å²) in [5, 5.41) is 3.08. The van der Waals surface area contributed by atoms with Crippen molar-refractivity contribution >= 4 is 50.7 Å². The lowest BCUT2D eigenvalue weighted by Crippen LogP contribution is -2.52. The summed E-state index contributed by atoms with van der Waals surface area (Å²) >= 11 is 12.7. The minimum Gasteiger partial charge on any atom is -0.354 e. The average Bonchev–Trinajstić information content (AvgIpc) is 2.94. The van der Waals surface area contributed by atoms with Crippen molar-refractivity contribution in [1.82, 2.24) is 10.2 Å². The van der Waals surface area contributed by atoms with Gasteiger partial charge in [-0.25, -0.2) is 8.42 Å². The third-order valence-corrected chi connectivity index (χ3v) is 9.04. The van der Waals surface area contributed by atoms with E-state index in [0.717, 1.165) is 28.3 Å². The molecule has 1 N–H and O–H groups in total. The monoisotopic (exact) mass is 603 g/mol. The summed E-state index contributed by atoms with van der Waals surface area (Å²) in [4.78, 5) is 28.8. The number of aryl methyl sites for hydroxylation is 1. The topological polar surface area (TPSA) is 86.8 Å². The molecule has 0 saturated carbocycles. The molecule has 0 aliphatic heterocycles. The SMILES string of the molecule is CCCCNC(=O)[C@@H](CC)N(Cc1cccc(C)c1)C(=O)CN(c1cccc(Cl)c1Cl)S(=O)(=O)c1ccccc1. The van der Waals surface area contributed by atoms with Crippen molar-refractivity contribution < 1.29 is 18.0 Å². The molecule has 1 atom stereocenters. The van der Waals surface area contributed by atoms with E-state index in [2.05, 4.69) is 5.32 Å². The first-order valence-corrected chi connectivity index (χ1v) is 15.4. The van der Waals surface area contributed by atoms with Crippen molar-refractivity contribution in [2.24, 2.45) is 0 Å². The highest BCUT2D eigenvalue weighted by Gasteiger charge is 2.34. The molecule has 0 aliphatic rings. The van der Waals surface area contributed by atoms with E-state index in [1.807, 2.05) is 45.0 Å². The normalized spacial score (nSPS) is 12.0. The van der Waals surface area contributed by atoms with Gasteiger partial charge in [0.1, 0.15) is 12.6 Å². The van der Waals surface area contributed by atoms with Gasteiger partial charge >= 0.3 is 0 Å². The zero-order valence-corrected chi connectivity index (χ0v) is 25.3. The fraction of sp³-hybridized carbons (Fsp3) is 0.333. The Hall–Kier alpha value is -3.07. The molecule has 40 heavy (non-hydrogen) atoms. The van der Waals surface area contributed by atoms with Gasteiger partial charge in [-0.05, 0) is 49.6 Å². The van der Waals surface area contributed by atoms with Crippen LogP contribution in [0.5, 0.6) is 0 Å². The Bertz CT molecular complexity index is 1420. The number of benzene rings is 3. The molecule has 0 radical (unpaired) electrons. The summed E-state index contributed by atoms with van der Waals surface area (Å²) < 4.78 is 28.7. The Labute approximate surface area is 247 Å². The van der Waals surface area contributed by atoms with Gasteiger partial charge in [0.05, 0.1) is 20.6 Å². The number of carbonyl (C=O) groups is 2. The van der Waals surface area contributed by atoms with E-state index in [1.165, 1.54) is 23.1 Å². The summed E-state index contributed by atoms with van der Waals surface area (Å²) in [6.07, 6.45) is 2.07. The van der Waals surface area contributed by atoms with Crippen LogP contribution in [0, 0.1) is 6.92 Å². The van der Waals surface area contributed by atoms with Crippen LogP contribution in [0.15, 0.2) is 77.7 Å². The van der Waals surface area contributed by atoms with E-state index in [0.29, 0.717) is 13.0 Å². The lowest BCUT2D eigenvalue weighted by molar-refractivity contribution is -0.140.